The Bertz CT molecular complexity index is 636. The molecule has 0 radical (unpaired) electrons. The fourth-order valence-corrected chi connectivity index (χ4v) is 4.75. The van der Waals surface area contributed by atoms with E-state index in [1.807, 2.05) is 30.3 Å². The second-order valence-corrected chi connectivity index (χ2v) is 8.50. The first-order chi connectivity index (χ1) is 11.1. The molecule has 0 aromatic heterocycles. The minimum Gasteiger partial charge on any atom is -0.338 e. The Morgan fingerprint density at radius 2 is 1.74 bits per heavy atom. The van der Waals surface area contributed by atoms with Gasteiger partial charge in [0.25, 0.3) is 0 Å². The third-order valence-electron chi connectivity index (χ3n) is 4.46. The van der Waals surface area contributed by atoms with E-state index in [9.17, 15) is 13.2 Å². The highest BCUT2D eigenvalue weighted by Crippen LogP contribution is 2.33. The van der Waals surface area contributed by atoms with E-state index in [4.69, 9.17) is 0 Å². The molecule has 2 N–H and O–H groups in total. The summed E-state index contributed by atoms with van der Waals surface area (Å²) in [6.45, 7) is 1.73. The van der Waals surface area contributed by atoms with Crippen molar-refractivity contribution in [3.63, 3.8) is 0 Å². The lowest BCUT2D eigenvalue weighted by Crippen LogP contribution is -2.43. The van der Waals surface area contributed by atoms with Crippen molar-refractivity contribution >= 4 is 21.7 Å². The third kappa shape index (κ3) is 4.23. The number of nitrogens with zero attached hydrogens (tertiary/aromatic N) is 1. The summed E-state index contributed by atoms with van der Waals surface area (Å²) < 4.78 is 26.0. The fraction of sp³-hybridized carbons (Fsp3) is 0.562. The maximum atomic E-state index is 12.2. The number of hydrogen-bond donors (Lipinski definition) is 2. The van der Waals surface area contributed by atoms with Gasteiger partial charge in [-0.1, -0.05) is 18.2 Å². The molecule has 1 heterocycles. The number of urea groups is 1. The highest BCUT2D eigenvalue weighted by Gasteiger charge is 2.41. The van der Waals surface area contributed by atoms with Crippen LogP contribution in [0, 0.1) is 5.92 Å². The predicted molar refractivity (Wildman–Crippen MR) is 89.7 cm³/mol. The summed E-state index contributed by atoms with van der Waals surface area (Å²) in [5.41, 5.74) is 0.760. The number of para-hydroxylation sites is 1. The number of rotatable bonds is 5. The Balaban J connectivity index is 1.40. The minimum atomic E-state index is -3.05. The number of hydrogen-bond acceptors (Lipinski definition) is 3. The number of carbonyl (C=O) groups excluding carboxylic acids is 1. The van der Waals surface area contributed by atoms with Gasteiger partial charge in [0.2, 0.25) is 10.0 Å². The van der Waals surface area contributed by atoms with Gasteiger partial charge in [-0.15, -0.1) is 0 Å². The maximum absolute atomic E-state index is 12.2. The first-order valence-electron chi connectivity index (χ1n) is 8.14. The van der Waals surface area contributed by atoms with Crippen LogP contribution in [0.3, 0.4) is 0 Å². The van der Waals surface area contributed by atoms with Crippen LogP contribution in [0.25, 0.3) is 0 Å². The van der Waals surface area contributed by atoms with Crippen LogP contribution >= 0.6 is 0 Å². The summed E-state index contributed by atoms with van der Waals surface area (Å²) in [6, 6.07) is 9.08. The summed E-state index contributed by atoms with van der Waals surface area (Å²) in [7, 11) is -3.05. The zero-order valence-electron chi connectivity index (χ0n) is 13.1. The largest absolute Gasteiger partial charge is 0.338 e. The lowest BCUT2D eigenvalue weighted by Gasteiger charge is -2.31. The van der Waals surface area contributed by atoms with Crippen molar-refractivity contribution in [2.24, 2.45) is 5.92 Å². The molecule has 7 heteroatoms. The molecular weight excluding hydrogens is 314 g/mol. The molecule has 0 bridgehead atoms. The van der Waals surface area contributed by atoms with E-state index >= 15 is 0 Å². The van der Waals surface area contributed by atoms with E-state index in [2.05, 4.69) is 10.6 Å². The Hall–Kier alpha value is -1.60. The molecule has 3 rings (SSSR count). The van der Waals surface area contributed by atoms with Crippen LogP contribution in [-0.2, 0) is 10.0 Å². The smallest absolute Gasteiger partial charge is 0.319 e. The predicted octanol–water partition coefficient (Wildman–Crippen LogP) is 2.01. The van der Waals surface area contributed by atoms with E-state index in [0.29, 0.717) is 25.6 Å². The molecular formula is C16H23N3O3S. The Kier molecular flexibility index (Phi) is 4.87. The molecule has 0 unspecified atom stereocenters. The van der Waals surface area contributed by atoms with E-state index in [-0.39, 0.29) is 11.3 Å². The number of benzene rings is 1. The highest BCUT2D eigenvalue weighted by atomic mass is 32.2. The number of piperidine rings is 1. The van der Waals surface area contributed by atoms with E-state index < -0.39 is 10.0 Å². The lowest BCUT2D eigenvalue weighted by molar-refractivity contribution is 0.240. The fourth-order valence-electron chi connectivity index (χ4n) is 2.88. The highest BCUT2D eigenvalue weighted by molar-refractivity contribution is 7.90. The average Bonchev–Trinajstić information content (AvgIpc) is 3.40. The second kappa shape index (κ2) is 6.88. The molecule has 1 saturated heterocycles. The quantitative estimate of drug-likeness (QED) is 0.863. The van der Waals surface area contributed by atoms with Crippen molar-refractivity contribution in [3.05, 3.63) is 30.3 Å². The SMILES string of the molecule is O=C(NCC1CCN(S(=O)(=O)C2CC2)CC1)Nc1ccccc1. The van der Waals surface area contributed by atoms with Gasteiger partial charge in [0, 0.05) is 25.3 Å². The number of sulfonamides is 1. The maximum Gasteiger partial charge on any atom is 0.319 e. The van der Waals surface area contributed by atoms with Crippen molar-refractivity contribution in [2.75, 3.05) is 25.0 Å². The Morgan fingerprint density at radius 1 is 1.09 bits per heavy atom. The van der Waals surface area contributed by atoms with Gasteiger partial charge in [-0.25, -0.2) is 17.5 Å². The summed E-state index contributed by atoms with van der Waals surface area (Å²) in [4.78, 5) is 11.8. The van der Waals surface area contributed by atoms with Crippen molar-refractivity contribution in [1.82, 2.24) is 9.62 Å². The molecule has 1 aromatic rings. The molecule has 23 heavy (non-hydrogen) atoms. The third-order valence-corrected chi connectivity index (χ3v) is 6.86. The molecule has 6 nitrogen and oxygen atoms in total. The van der Waals surface area contributed by atoms with Gasteiger partial charge in [-0.2, -0.15) is 0 Å². The zero-order valence-corrected chi connectivity index (χ0v) is 13.9. The lowest BCUT2D eigenvalue weighted by atomic mass is 9.98. The normalized spacial score (nSPS) is 20.2. The standard InChI is InChI=1S/C16H23N3O3S/c20-16(18-14-4-2-1-3-5-14)17-12-13-8-10-19(11-9-13)23(21,22)15-6-7-15/h1-5,13,15H,6-12H2,(H2,17,18,20). The Morgan fingerprint density at radius 3 is 2.35 bits per heavy atom. The van der Waals surface area contributed by atoms with Crippen LogP contribution in [0.15, 0.2) is 30.3 Å². The van der Waals surface area contributed by atoms with Crippen LogP contribution in [0.5, 0.6) is 0 Å². The van der Waals surface area contributed by atoms with Crippen LogP contribution < -0.4 is 10.6 Å². The van der Waals surface area contributed by atoms with Gasteiger partial charge < -0.3 is 10.6 Å². The van der Waals surface area contributed by atoms with Gasteiger partial charge in [0.05, 0.1) is 5.25 Å². The molecule has 1 aromatic carbocycles. The summed E-state index contributed by atoms with van der Waals surface area (Å²) in [5, 5.41) is 5.52. The van der Waals surface area contributed by atoms with Crippen LogP contribution in [-0.4, -0.2) is 43.6 Å². The van der Waals surface area contributed by atoms with Gasteiger partial charge in [0.15, 0.2) is 0 Å². The molecule has 2 amide bonds. The molecule has 2 aliphatic rings. The first-order valence-corrected chi connectivity index (χ1v) is 9.65. The molecule has 2 fully saturated rings. The number of nitrogens with one attached hydrogen (secondary N) is 2. The number of amides is 2. The molecule has 0 atom stereocenters. The van der Waals surface area contributed by atoms with Gasteiger partial charge in [0.1, 0.15) is 0 Å². The van der Waals surface area contributed by atoms with Crippen LogP contribution in [0.4, 0.5) is 10.5 Å². The second-order valence-electron chi connectivity index (χ2n) is 6.29. The van der Waals surface area contributed by atoms with Gasteiger partial charge >= 0.3 is 6.03 Å². The molecule has 126 valence electrons. The van der Waals surface area contributed by atoms with E-state index in [1.165, 1.54) is 0 Å². The van der Waals surface area contributed by atoms with Crippen molar-refractivity contribution in [2.45, 2.75) is 30.9 Å². The average molecular weight is 337 g/mol. The van der Waals surface area contributed by atoms with Crippen molar-refractivity contribution < 1.29 is 13.2 Å². The first kappa shape index (κ1) is 16.3. The molecule has 1 aliphatic carbocycles. The topological polar surface area (TPSA) is 78.5 Å². The van der Waals surface area contributed by atoms with Crippen molar-refractivity contribution in [3.8, 4) is 0 Å². The van der Waals surface area contributed by atoms with Crippen LogP contribution in [0.2, 0.25) is 0 Å². The van der Waals surface area contributed by atoms with Crippen molar-refractivity contribution in [1.29, 1.82) is 0 Å². The Labute approximate surface area is 137 Å². The number of anilines is 1. The van der Waals surface area contributed by atoms with E-state index in [1.54, 1.807) is 4.31 Å². The van der Waals surface area contributed by atoms with Crippen LogP contribution in [0.1, 0.15) is 25.7 Å². The van der Waals surface area contributed by atoms with Gasteiger partial charge in [-0.3, -0.25) is 0 Å². The monoisotopic (exact) mass is 337 g/mol. The minimum absolute atomic E-state index is 0.131. The summed E-state index contributed by atoms with van der Waals surface area (Å²) in [6.07, 6.45) is 3.22. The zero-order chi connectivity index (χ0) is 16.3. The summed E-state index contributed by atoms with van der Waals surface area (Å²) in [5.74, 6) is 0.335. The summed E-state index contributed by atoms with van der Waals surface area (Å²) >= 11 is 0. The van der Waals surface area contributed by atoms with E-state index in [0.717, 1.165) is 31.4 Å². The molecule has 0 spiro atoms. The molecule has 1 saturated carbocycles. The molecule has 1 aliphatic heterocycles. The number of carbonyl (C=O) groups is 1. The van der Waals surface area contributed by atoms with Gasteiger partial charge in [-0.05, 0) is 43.7 Å².